The van der Waals surface area contributed by atoms with Crippen LogP contribution in [0.3, 0.4) is 0 Å². The van der Waals surface area contributed by atoms with Crippen LogP contribution < -0.4 is 3.58 Å². The monoisotopic (exact) mass is 524 g/mol. The van der Waals surface area contributed by atoms with Crippen molar-refractivity contribution in [3.05, 3.63) is 48.8 Å². The Morgan fingerprint density at radius 1 is 0.828 bits per heavy atom. The molecule has 0 amide bonds. The third-order valence-electron chi connectivity index (χ3n) is 5.48. The van der Waals surface area contributed by atoms with Crippen LogP contribution >= 0.6 is 0 Å². The molecule has 1 N–H and O–H groups in total. The summed E-state index contributed by atoms with van der Waals surface area (Å²) in [4.78, 5) is 4.70. The minimum atomic E-state index is -2.61. The Bertz CT molecular complexity index is 782. The van der Waals surface area contributed by atoms with Crippen LogP contribution in [0.4, 0.5) is 0 Å². The fourth-order valence-electron chi connectivity index (χ4n) is 3.87. The molecule has 0 atom stereocenters. The molecule has 0 saturated carbocycles. The Labute approximate surface area is 182 Å². The Morgan fingerprint density at radius 2 is 1.31 bits per heavy atom. The summed E-state index contributed by atoms with van der Waals surface area (Å²) in [5, 5.41) is 0. The molecule has 4 nitrogen and oxygen atoms in total. The van der Waals surface area contributed by atoms with Crippen molar-refractivity contribution < 1.29 is 8.42 Å². The zero-order valence-corrected chi connectivity index (χ0v) is 21.8. The van der Waals surface area contributed by atoms with E-state index < -0.39 is 28.9 Å². The van der Waals surface area contributed by atoms with Gasteiger partial charge in [-0.25, -0.2) is 0 Å². The number of hydrogen-bond acceptors (Lipinski definition) is 4. The standard InChI is InChI=1S/C11H8N.3C4H9.HNO2S.Sn/c1-2-5-10(6-3-1)11-7-4-8-12-9-11;3*1-3-4-2;1-4(2)3;/h1-3,5-9H;3*1,3-4H2,2H3;1H;. The Morgan fingerprint density at radius 3 is 1.76 bits per heavy atom. The van der Waals surface area contributed by atoms with Crippen LogP contribution in [0.2, 0.25) is 13.3 Å². The summed E-state index contributed by atoms with van der Waals surface area (Å²) < 4.78 is 29.0. The van der Waals surface area contributed by atoms with E-state index in [4.69, 9.17) is 18.2 Å². The molecule has 1 heterocycles. The van der Waals surface area contributed by atoms with Gasteiger partial charge in [0.2, 0.25) is 0 Å². The van der Waals surface area contributed by atoms with Gasteiger partial charge in [-0.15, -0.1) is 0 Å². The fraction of sp³-hybridized carbons (Fsp3) is 0.522. The Kier molecular flexibility index (Phi) is 13.1. The molecule has 2 rings (SSSR count). The summed E-state index contributed by atoms with van der Waals surface area (Å²) in [6.45, 7) is 7.03. The molecule has 0 fully saturated rings. The summed E-state index contributed by atoms with van der Waals surface area (Å²) >= 11 is -2.37. The van der Waals surface area contributed by atoms with Crippen molar-refractivity contribution in [3.63, 3.8) is 0 Å². The van der Waals surface area contributed by atoms with Gasteiger partial charge < -0.3 is 0 Å². The van der Waals surface area contributed by atoms with E-state index in [1.165, 1.54) is 63.0 Å². The topological polar surface area (TPSA) is 70.9 Å². The molecule has 0 unspecified atom stereocenters. The Hall–Kier alpha value is -1.21. The van der Waals surface area contributed by atoms with Gasteiger partial charge in [-0.05, 0) is 0 Å². The molecule has 0 saturated heterocycles. The summed E-state index contributed by atoms with van der Waals surface area (Å²) in [5.41, 5.74) is 2.61. The van der Waals surface area contributed by atoms with E-state index in [2.05, 4.69) is 69.6 Å². The molecule has 160 valence electrons. The number of unbranched alkanes of at least 4 members (excludes halogenated alkanes) is 3. The van der Waals surface area contributed by atoms with Gasteiger partial charge in [-0.2, -0.15) is 13.2 Å². The van der Waals surface area contributed by atoms with Crippen molar-refractivity contribution in [1.29, 1.82) is 4.78 Å². The van der Waals surface area contributed by atoms with Gasteiger partial charge >= 0.3 is 170 Å². The van der Waals surface area contributed by atoms with Gasteiger partial charge in [0.1, 0.15) is 0 Å². The molecule has 0 aliphatic carbocycles. The summed E-state index contributed by atoms with van der Waals surface area (Å²) in [5.74, 6) is 0. The SMILES string of the molecule is CCC[CH2][Sn]([CH2]CCC)([CH2]CCC)[c]1cncc(-c2ccccc2)c1.N=S(=O)=O. The van der Waals surface area contributed by atoms with Crippen molar-refractivity contribution >= 4 is 32.5 Å². The van der Waals surface area contributed by atoms with Gasteiger partial charge in [0.05, 0.1) is 0 Å². The first-order valence-electron chi connectivity index (χ1n) is 10.8. The first-order chi connectivity index (χ1) is 14.0. The van der Waals surface area contributed by atoms with Crippen molar-refractivity contribution in [3.8, 4) is 11.1 Å². The average molecular weight is 523 g/mol. The molecule has 0 radical (unpaired) electrons. The number of benzene rings is 1. The third kappa shape index (κ3) is 9.43. The number of hydrogen-bond donors (Lipinski definition) is 1. The second-order valence-corrected chi connectivity index (χ2v) is 21.4. The minimum absolute atomic E-state index is 1.30. The molecule has 1 aromatic heterocycles. The predicted molar refractivity (Wildman–Crippen MR) is 126 cm³/mol. The fourth-order valence-corrected chi connectivity index (χ4v) is 19.6. The van der Waals surface area contributed by atoms with E-state index in [0.717, 1.165) is 0 Å². The molecular weight excluding hydrogens is 487 g/mol. The zero-order valence-electron chi connectivity index (χ0n) is 18.2. The first kappa shape index (κ1) is 25.8. The molecule has 2 aromatic rings. The molecule has 1 aromatic carbocycles. The van der Waals surface area contributed by atoms with Crippen LogP contribution in [0.5, 0.6) is 0 Å². The normalized spacial score (nSPS) is 10.9. The number of rotatable bonds is 11. The quantitative estimate of drug-likeness (QED) is 0.345. The van der Waals surface area contributed by atoms with Gasteiger partial charge in [-0.3, -0.25) is 0 Å². The smallest absolute Gasteiger partial charge is 0.188 e. The van der Waals surface area contributed by atoms with Gasteiger partial charge in [-0.1, -0.05) is 0 Å². The van der Waals surface area contributed by atoms with Crippen molar-refractivity contribution in [1.82, 2.24) is 4.98 Å². The van der Waals surface area contributed by atoms with E-state index in [1.807, 2.05) is 0 Å². The van der Waals surface area contributed by atoms with Crippen molar-refractivity contribution in [2.75, 3.05) is 0 Å². The van der Waals surface area contributed by atoms with E-state index in [1.54, 1.807) is 3.58 Å². The largest absolute Gasteiger partial charge is 0.308 e. The summed E-state index contributed by atoms with van der Waals surface area (Å²) in [7, 11) is -2.61. The van der Waals surface area contributed by atoms with E-state index in [-0.39, 0.29) is 0 Å². The van der Waals surface area contributed by atoms with Crippen molar-refractivity contribution in [2.45, 2.75) is 72.6 Å². The van der Waals surface area contributed by atoms with Gasteiger partial charge in [0.25, 0.3) is 0 Å². The number of nitrogens with one attached hydrogen (secondary N) is 1. The molecule has 0 spiro atoms. The summed E-state index contributed by atoms with van der Waals surface area (Å²) in [6.07, 6.45) is 12.5. The molecule has 0 aliphatic rings. The minimum Gasteiger partial charge on any atom is -0.188 e. The third-order valence-corrected chi connectivity index (χ3v) is 21.0. The van der Waals surface area contributed by atoms with Crippen LogP contribution in [-0.4, -0.2) is 31.8 Å². The van der Waals surface area contributed by atoms with E-state index in [0.29, 0.717) is 0 Å². The van der Waals surface area contributed by atoms with Crippen LogP contribution in [0, 0.1) is 4.78 Å². The van der Waals surface area contributed by atoms with Crippen LogP contribution in [0.15, 0.2) is 48.8 Å². The second-order valence-electron chi connectivity index (χ2n) is 7.65. The maximum Gasteiger partial charge on any atom is 0.308 e. The molecule has 0 bridgehead atoms. The van der Waals surface area contributed by atoms with E-state index >= 15 is 0 Å². The van der Waals surface area contributed by atoms with Gasteiger partial charge in [0, 0.05) is 0 Å². The second kappa shape index (κ2) is 14.7. The van der Waals surface area contributed by atoms with Crippen LogP contribution in [0.1, 0.15) is 59.3 Å². The molecule has 0 aliphatic heterocycles. The maximum absolute atomic E-state index is 8.67. The van der Waals surface area contributed by atoms with Gasteiger partial charge in [0.15, 0.2) is 0 Å². The average Bonchev–Trinajstić information content (AvgIpc) is 2.74. The maximum atomic E-state index is 8.67. The zero-order chi connectivity index (χ0) is 21.5. The first-order valence-corrected chi connectivity index (χ1v) is 19.4. The molecular formula is C23H36N2O2SSn. The molecule has 6 heteroatoms. The van der Waals surface area contributed by atoms with Crippen LogP contribution in [-0.2, 0) is 10.5 Å². The van der Waals surface area contributed by atoms with Crippen molar-refractivity contribution in [2.24, 2.45) is 0 Å². The number of nitrogens with zero attached hydrogens (tertiary/aromatic N) is 1. The molecule has 29 heavy (non-hydrogen) atoms. The number of pyridine rings is 1. The van der Waals surface area contributed by atoms with E-state index in [9.17, 15) is 0 Å². The summed E-state index contributed by atoms with van der Waals surface area (Å²) in [6, 6.07) is 13.3. The predicted octanol–water partition coefficient (Wildman–Crippen LogP) is 6.43. The number of aromatic nitrogens is 1. The van der Waals surface area contributed by atoms with Crippen LogP contribution in [0.25, 0.3) is 11.1 Å². The Balaban J connectivity index is 0.000000960.